The van der Waals surface area contributed by atoms with Gasteiger partial charge in [-0.15, -0.1) is 0 Å². The molecule has 3 rings (SSSR count). The summed E-state index contributed by atoms with van der Waals surface area (Å²) in [5.41, 5.74) is 1.46. The average molecular weight is 411 g/mol. The summed E-state index contributed by atoms with van der Waals surface area (Å²) < 4.78 is 31.1. The molecule has 1 aliphatic rings. The van der Waals surface area contributed by atoms with Gasteiger partial charge in [0.1, 0.15) is 4.90 Å². The third-order valence-corrected chi connectivity index (χ3v) is 6.14. The number of halogens is 1. The second-order valence-electron chi connectivity index (χ2n) is 6.47. The van der Waals surface area contributed by atoms with Crippen molar-refractivity contribution in [3.05, 3.63) is 62.7 Å². The van der Waals surface area contributed by atoms with Gasteiger partial charge in [-0.1, -0.05) is 29.3 Å². The molecule has 7 nitrogen and oxygen atoms in total. The minimum absolute atomic E-state index is 0.106. The first kappa shape index (κ1) is 19.6. The van der Waals surface area contributed by atoms with E-state index in [1.807, 2.05) is 13.0 Å². The molecule has 0 aromatic heterocycles. The molecule has 0 amide bonds. The van der Waals surface area contributed by atoms with Gasteiger partial charge in [0, 0.05) is 12.1 Å². The Balaban J connectivity index is 1.97. The second kappa shape index (κ2) is 7.84. The monoisotopic (exact) mass is 410 g/mol. The molecule has 1 heterocycles. The Kier molecular flexibility index (Phi) is 5.69. The summed E-state index contributed by atoms with van der Waals surface area (Å²) in [7, 11) is -4.14. The zero-order valence-corrected chi connectivity index (χ0v) is 16.2. The van der Waals surface area contributed by atoms with Crippen LogP contribution in [0, 0.1) is 17.0 Å². The molecule has 0 unspecified atom stereocenters. The predicted molar refractivity (Wildman–Crippen MR) is 102 cm³/mol. The second-order valence-corrected chi connectivity index (χ2v) is 8.40. The Morgan fingerprint density at radius 2 is 1.89 bits per heavy atom. The summed E-state index contributed by atoms with van der Waals surface area (Å²) >= 11 is 5.98. The van der Waals surface area contributed by atoms with Crippen molar-refractivity contribution < 1.29 is 17.5 Å². The average Bonchev–Trinajstić information content (AvgIpc) is 2.63. The van der Waals surface area contributed by atoms with E-state index in [0.717, 1.165) is 49.2 Å². The Morgan fingerprint density at radius 3 is 2.52 bits per heavy atom. The SMILES string of the molecule is Cc1ccc(S(=O)(=O)Oc2ccc([N+](=O)[O-])cc2Cl)c(C2CCNCC2)c1. The molecule has 0 bridgehead atoms. The first-order valence-electron chi connectivity index (χ1n) is 8.47. The number of piperidine rings is 1. The van der Waals surface area contributed by atoms with Crippen LogP contribution < -0.4 is 9.50 Å². The Bertz CT molecular complexity index is 972. The van der Waals surface area contributed by atoms with Crippen molar-refractivity contribution in [3.8, 4) is 5.75 Å². The lowest BCUT2D eigenvalue weighted by molar-refractivity contribution is -0.384. The highest BCUT2D eigenvalue weighted by molar-refractivity contribution is 7.87. The van der Waals surface area contributed by atoms with Crippen LogP contribution in [0.3, 0.4) is 0 Å². The number of nitrogens with one attached hydrogen (secondary N) is 1. The van der Waals surface area contributed by atoms with Gasteiger partial charge in [0.15, 0.2) is 5.75 Å². The number of rotatable bonds is 5. The van der Waals surface area contributed by atoms with Gasteiger partial charge >= 0.3 is 10.1 Å². The fourth-order valence-electron chi connectivity index (χ4n) is 3.18. The highest BCUT2D eigenvalue weighted by atomic mass is 35.5. The van der Waals surface area contributed by atoms with Gasteiger partial charge in [-0.2, -0.15) is 8.42 Å². The topological polar surface area (TPSA) is 98.5 Å². The van der Waals surface area contributed by atoms with E-state index < -0.39 is 15.0 Å². The Hall–Kier alpha value is -2.16. The summed E-state index contributed by atoms with van der Waals surface area (Å²) in [5.74, 6) is -0.0223. The lowest BCUT2D eigenvalue weighted by Crippen LogP contribution is -2.27. The molecule has 1 saturated heterocycles. The van der Waals surface area contributed by atoms with Crippen molar-refractivity contribution in [1.82, 2.24) is 5.32 Å². The summed E-state index contributed by atoms with van der Waals surface area (Å²) in [6.07, 6.45) is 1.68. The van der Waals surface area contributed by atoms with Crippen molar-refractivity contribution in [2.24, 2.45) is 0 Å². The van der Waals surface area contributed by atoms with E-state index in [9.17, 15) is 18.5 Å². The third kappa shape index (κ3) is 4.40. The van der Waals surface area contributed by atoms with E-state index in [2.05, 4.69) is 5.32 Å². The minimum atomic E-state index is -4.14. The van der Waals surface area contributed by atoms with E-state index in [4.69, 9.17) is 15.8 Å². The standard InChI is InChI=1S/C18H19ClN2O5S/c1-12-2-5-18(15(10-12)13-6-8-20-9-7-13)27(24,25)26-17-4-3-14(21(22)23)11-16(17)19/h2-5,10-11,13,20H,6-9H2,1H3. The van der Waals surface area contributed by atoms with Gasteiger partial charge in [0.25, 0.3) is 5.69 Å². The summed E-state index contributed by atoms with van der Waals surface area (Å²) in [6.45, 7) is 3.56. The number of hydrogen-bond acceptors (Lipinski definition) is 6. The molecule has 1 N–H and O–H groups in total. The molecule has 0 atom stereocenters. The van der Waals surface area contributed by atoms with Crippen LogP contribution in [0.25, 0.3) is 0 Å². The third-order valence-electron chi connectivity index (χ3n) is 4.54. The van der Waals surface area contributed by atoms with Gasteiger partial charge in [-0.05, 0) is 56.5 Å². The van der Waals surface area contributed by atoms with Crippen molar-refractivity contribution >= 4 is 27.4 Å². The van der Waals surface area contributed by atoms with Crippen LogP contribution >= 0.6 is 11.6 Å². The van der Waals surface area contributed by atoms with E-state index in [1.165, 1.54) is 6.07 Å². The van der Waals surface area contributed by atoms with Gasteiger partial charge < -0.3 is 9.50 Å². The molecule has 9 heteroatoms. The minimum Gasteiger partial charge on any atom is -0.377 e. The molecule has 0 aliphatic carbocycles. The molecule has 2 aromatic carbocycles. The largest absolute Gasteiger partial charge is 0.377 e. The van der Waals surface area contributed by atoms with E-state index in [1.54, 1.807) is 12.1 Å². The molecule has 0 saturated carbocycles. The summed E-state index contributed by atoms with van der Waals surface area (Å²) in [5, 5.41) is 13.9. The maximum atomic E-state index is 12.9. The Labute approximate surface area is 162 Å². The number of non-ortho nitro benzene ring substituents is 1. The smallest absolute Gasteiger partial charge is 0.339 e. The van der Waals surface area contributed by atoms with Crippen molar-refractivity contribution in [3.63, 3.8) is 0 Å². The van der Waals surface area contributed by atoms with Gasteiger partial charge in [-0.25, -0.2) is 0 Å². The fraction of sp³-hybridized carbons (Fsp3) is 0.333. The maximum absolute atomic E-state index is 12.9. The van der Waals surface area contributed by atoms with Crippen LogP contribution in [0.2, 0.25) is 5.02 Å². The molecule has 144 valence electrons. The van der Waals surface area contributed by atoms with Crippen LogP contribution in [0.4, 0.5) is 5.69 Å². The molecule has 0 spiro atoms. The molecule has 1 aliphatic heterocycles. The molecule has 27 heavy (non-hydrogen) atoms. The summed E-state index contributed by atoms with van der Waals surface area (Å²) in [4.78, 5) is 10.3. The molecule has 0 radical (unpaired) electrons. The van der Waals surface area contributed by atoms with Crippen LogP contribution in [0.15, 0.2) is 41.3 Å². The highest BCUT2D eigenvalue weighted by Gasteiger charge is 2.27. The van der Waals surface area contributed by atoms with Gasteiger partial charge in [0.05, 0.1) is 9.95 Å². The van der Waals surface area contributed by atoms with Gasteiger partial charge in [-0.3, -0.25) is 10.1 Å². The lowest BCUT2D eigenvalue weighted by atomic mass is 9.89. The lowest BCUT2D eigenvalue weighted by Gasteiger charge is -2.25. The van der Waals surface area contributed by atoms with Crippen molar-refractivity contribution in [1.29, 1.82) is 0 Å². The molecule has 2 aromatic rings. The van der Waals surface area contributed by atoms with Crippen LogP contribution in [0.1, 0.15) is 29.9 Å². The van der Waals surface area contributed by atoms with Crippen LogP contribution in [-0.2, 0) is 10.1 Å². The zero-order valence-electron chi connectivity index (χ0n) is 14.6. The van der Waals surface area contributed by atoms with Crippen LogP contribution in [0.5, 0.6) is 5.75 Å². The maximum Gasteiger partial charge on any atom is 0.339 e. The van der Waals surface area contributed by atoms with E-state index >= 15 is 0 Å². The van der Waals surface area contributed by atoms with E-state index in [-0.39, 0.29) is 27.3 Å². The van der Waals surface area contributed by atoms with E-state index in [0.29, 0.717) is 0 Å². The number of nitro benzene ring substituents is 1. The Morgan fingerprint density at radius 1 is 1.19 bits per heavy atom. The quantitative estimate of drug-likeness (QED) is 0.457. The molecular formula is C18H19ClN2O5S. The molecule has 1 fully saturated rings. The fourth-order valence-corrected chi connectivity index (χ4v) is 4.66. The van der Waals surface area contributed by atoms with Crippen LogP contribution in [-0.4, -0.2) is 26.4 Å². The number of hydrogen-bond donors (Lipinski definition) is 1. The number of aryl methyl sites for hydroxylation is 1. The van der Waals surface area contributed by atoms with Crippen molar-refractivity contribution in [2.75, 3.05) is 13.1 Å². The first-order chi connectivity index (χ1) is 12.8. The van der Waals surface area contributed by atoms with Gasteiger partial charge in [0.2, 0.25) is 0 Å². The van der Waals surface area contributed by atoms with Crippen molar-refractivity contribution in [2.45, 2.75) is 30.6 Å². The molecular weight excluding hydrogens is 392 g/mol. The summed E-state index contributed by atoms with van der Waals surface area (Å²) in [6, 6.07) is 8.55. The normalized spacial score (nSPS) is 15.5. The number of nitrogens with zero attached hydrogens (tertiary/aromatic N) is 1. The number of benzene rings is 2. The number of nitro groups is 1. The predicted octanol–water partition coefficient (Wildman–Crippen LogP) is 3.79. The zero-order chi connectivity index (χ0) is 19.6. The first-order valence-corrected chi connectivity index (χ1v) is 10.3. The highest BCUT2D eigenvalue weighted by Crippen LogP contribution is 2.35.